The van der Waals surface area contributed by atoms with Crippen molar-refractivity contribution in [2.75, 3.05) is 11.4 Å². The highest BCUT2D eigenvalue weighted by Crippen LogP contribution is 2.25. The Morgan fingerprint density at radius 1 is 1.00 bits per heavy atom. The zero-order valence-electron chi connectivity index (χ0n) is 17.1. The third-order valence-corrected chi connectivity index (χ3v) is 5.29. The van der Waals surface area contributed by atoms with Crippen LogP contribution in [0.15, 0.2) is 36.7 Å². The molecule has 0 bridgehead atoms. The van der Waals surface area contributed by atoms with Gasteiger partial charge >= 0.3 is 6.09 Å². The summed E-state index contributed by atoms with van der Waals surface area (Å²) in [6.07, 6.45) is 13.2. The summed E-state index contributed by atoms with van der Waals surface area (Å²) in [5.41, 5.74) is 3.00. The minimum absolute atomic E-state index is 0.0188. The van der Waals surface area contributed by atoms with Crippen LogP contribution in [0.5, 0.6) is 0 Å². The van der Waals surface area contributed by atoms with E-state index in [2.05, 4.69) is 16.9 Å². The molecule has 1 aliphatic rings. The number of hydrogen-bond donors (Lipinski definition) is 0. The van der Waals surface area contributed by atoms with Crippen LogP contribution in [0.4, 0.5) is 10.5 Å². The molecule has 0 N–H and O–H groups in total. The van der Waals surface area contributed by atoms with Crippen LogP contribution in [-0.2, 0) is 11.2 Å². The number of unbranched alkanes of at least 4 members (excludes halogenated alkanes) is 5. The molecule has 1 saturated heterocycles. The largest absolute Gasteiger partial charge is 0.444 e. The molecular formula is C23H31N3O2. The number of ether oxygens (including phenoxy) is 1. The highest BCUT2D eigenvalue weighted by molar-refractivity contribution is 5.90. The standard InChI is InChI=1S/C23H31N3O2/c1-3-5-6-7-8-9-10-18-15-24-22(25-16-18)19-11-13-20(14-12-19)26-17-21(4-2)28-23(26)27/h11-16,21H,3-10,17H2,1-2H3. The average molecular weight is 382 g/mol. The molecule has 1 unspecified atom stereocenters. The Kier molecular flexibility index (Phi) is 7.40. The second kappa shape index (κ2) is 10.2. The molecule has 1 atom stereocenters. The number of aromatic nitrogens is 2. The van der Waals surface area contributed by atoms with Gasteiger partial charge in [-0.15, -0.1) is 0 Å². The molecule has 5 nitrogen and oxygen atoms in total. The monoisotopic (exact) mass is 381 g/mol. The molecule has 1 amide bonds. The van der Waals surface area contributed by atoms with Crippen LogP contribution >= 0.6 is 0 Å². The van der Waals surface area contributed by atoms with Crippen molar-refractivity contribution < 1.29 is 9.53 Å². The summed E-state index contributed by atoms with van der Waals surface area (Å²) in [6, 6.07) is 7.79. The summed E-state index contributed by atoms with van der Waals surface area (Å²) >= 11 is 0. The number of anilines is 1. The Hall–Kier alpha value is -2.43. The van der Waals surface area contributed by atoms with Crippen molar-refractivity contribution in [1.29, 1.82) is 0 Å². The van der Waals surface area contributed by atoms with Gasteiger partial charge in [0.25, 0.3) is 0 Å². The number of hydrogen-bond acceptors (Lipinski definition) is 4. The summed E-state index contributed by atoms with van der Waals surface area (Å²) in [4.78, 5) is 22.7. The maximum Gasteiger partial charge on any atom is 0.414 e. The van der Waals surface area contributed by atoms with Crippen LogP contribution in [0.25, 0.3) is 11.4 Å². The van der Waals surface area contributed by atoms with Gasteiger partial charge in [-0.05, 0) is 49.1 Å². The first-order chi connectivity index (χ1) is 13.7. The second-order valence-electron chi connectivity index (χ2n) is 7.50. The summed E-state index contributed by atoms with van der Waals surface area (Å²) < 4.78 is 5.33. The average Bonchev–Trinajstić information content (AvgIpc) is 3.12. The summed E-state index contributed by atoms with van der Waals surface area (Å²) in [6.45, 7) is 4.88. The quantitative estimate of drug-likeness (QED) is 0.489. The molecule has 2 heterocycles. The molecule has 0 radical (unpaired) electrons. The van der Waals surface area contributed by atoms with Crippen molar-refractivity contribution in [3.05, 3.63) is 42.2 Å². The van der Waals surface area contributed by atoms with Crippen LogP contribution in [0.3, 0.4) is 0 Å². The van der Waals surface area contributed by atoms with E-state index >= 15 is 0 Å². The molecule has 0 spiro atoms. The van der Waals surface area contributed by atoms with Crippen LogP contribution < -0.4 is 4.90 Å². The normalized spacial score (nSPS) is 16.4. The van der Waals surface area contributed by atoms with E-state index < -0.39 is 0 Å². The third kappa shape index (κ3) is 5.31. The summed E-state index contributed by atoms with van der Waals surface area (Å²) in [7, 11) is 0. The number of rotatable bonds is 10. The van der Waals surface area contributed by atoms with Crippen molar-refractivity contribution in [3.63, 3.8) is 0 Å². The highest BCUT2D eigenvalue weighted by atomic mass is 16.6. The fraction of sp³-hybridized carbons (Fsp3) is 0.522. The maximum absolute atomic E-state index is 12.0. The highest BCUT2D eigenvalue weighted by Gasteiger charge is 2.30. The van der Waals surface area contributed by atoms with Gasteiger partial charge in [0.1, 0.15) is 6.10 Å². The zero-order valence-corrected chi connectivity index (χ0v) is 17.1. The number of cyclic esters (lactones) is 1. The van der Waals surface area contributed by atoms with Crippen molar-refractivity contribution in [2.45, 2.75) is 71.3 Å². The van der Waals surface area contributed by atoms with Gasteiger partial charge in [0.15, 0.2) is 5.82 Å². The molecule has 150 valence electrons. The molecule has 28 heavy (non-hydrogen) atoms. The Morgan fingerprint density at radius 2 is 1.68 bits per heavy atom. The number of carbonyl (C=O) groups is 1. The van der Waals surface area contributed by atoms with Gasteiger partial charge in [-0.3, -0.25) is 4.90 Å². The first-order valence-electron chi connectivity index (χ1n) is 10.6. The molecule has 2 aromatic rings. The van der Waals surface area contributed by atoms with Crippen molar-refractivity contribution in [2.24, 2.45) is 0 Å². The molecule has 1 fully saturated rings. The molecule has 1 aromatic heterocycles. The number of carbonyl (C=O) groups excluding carboxylic acids is 1. The topological polar surface area (TPSA) is 55.3 Å². The van der Waals surface area contributed by atoms with Crippen LogP contribution in [0, 0.1) is 0 Å². The lowest BCUT2D eigenvalue weighted by Crippen LogP contribution is -2.24. The fourth-order valence-electron chi connectivity index (χ4n) is 3.48. The summed E-state index contributed by atoms with van der Waals surface area (Å²) in [5.74, 6) is 0.716. The van der Waals surface area contributed by atoms with Gasteiger partial charge in [-0.25, -0.2) is 14.8 Å². The van der Waals surface area contributed by atoms with E-state index in [4.69, 9.17) is 4.74 Å². The van der Waals surface area contributed by atoms with E-state index in [1.807, 2.05) is 43.6 Å². The lowest BCUT2D eigenvalue weighted by atomic mass is 10.1. The van der Waals surface area contributed by atoms with E-state index in [1.54, 1.807) is 4.90 Å². The lowest BCUT2D eigenvalue weighted by molar-refractivity contribution is 0.139. The Balaban J connectivity index is 1.53. The molecule has 0 saturated carbocycles. The minimum atomic E-state index is -0.269. The van der Waals surface area contributed by atoms with Gasteiger partial charge in [-0.2, -0.15) is 0 Å². The van der Waals surface area contributed by atoms with Crippen LogP contribution in [0.2, 0.25) is 0 Å². The van der Waals surface area contributed by atoms with E-state index in [0.717, 1.165) is 24.1 Å². The minimum Gasteiger partial charge on any atom is -0.444 e. The predicted molar refractivity (Wildman–Crippen MR) is 112 cm³/mol. The molecule has 0 aliphatic carbocycles. The van der Waals surface area contributed by atoms with Crippen molar-refractivity contribution in [3.8, 4) is 11.4 Å². The van der Waals surface area contributed by atoms with Gasteiger partial charge in [-0.1, -0.05) is 46.0 Å². The smallest absolute Gasteiger partial charge is 0.414 e. The fourth-order valence-corrected chi connectivity index (χ4v) is 3.48. The van der Waals surface area contributed by atoms with Crippen LogP contribution in [-0.4, -0.2) is 28.7 Å². The van der Waals surface area contributed by atoms with Gasteiger partial charge < -0.3 is 4.74 Å². The Bertz CT molecular complexity index is 743. The van der Waals surface area contributed by atoms with E-state index in [0.29, 0.717) is 12.4 Å². The van der Waals surface area contributed by atoms with Crippen molar-refractivity contribution in [1.82, 2.24) is 9.97 Å². The van der Waals surface area contributed by atoms with Gasteiger partial charge in [0.2, 0.25) is 0 Å². The number of benzene rings is 1. The molecule has 1 aliphatic heterocycles. The Labute approximate surface area is 168 Å². The van der Waals surface area contributed by atoms with Gasteiger partial charge in [0.05, 0.1) is 6.54 Å². The first-order valence-corrected chi connectivity index (χ1v) is 10.6. The molecule has 5 heteroatoms. The van der Waals surface area contributed by atoms with Crippen molar-refractivity contribution >= 4 is 11.8 Å². The summed E-state index contributed by atoms with van der Waals surface area (Å²) in [5, 5.41) is 0. The number of nitrogens with zero attached hydrogens (tertiary/aromatic N) is 3. The molecule has 3 rings (SSSR count). The zero-order chi connectivity index (χ0) is 19.8. The van der Waals surface area contributed by atoms with E-state index in [-0.39, 0.29) is 12.2 Å². The predicted octanol–water partition coefficient (Wildman–Crippen LogP) is 5.78. The maximum atomic E-state index is 12.0. The molecular weight excluding hydrogens is 350 g/mol. The molecule has 1 aromatic carbocycles. The number of aryl methyl sites for hydroxylation is 1. The SMILES string of the molecule is CCCCCCCCc1cnc(-c2ccc(N3CC(CC)OC3=O)cc2)nc1. The number of amides is 1. The van der Waals surface area contributed by atoms with Gasteiger partial charge in [0, 0.05) is 23.6 Å². The third-order valence-electron chi connectivity index (χ3n) is 5.29. The second-order valence-corrected chi connectivity index (χ2v) is 7.50. The lowest BCUT2D eigenvalue weighted by Gasteiger charge is -2.13. The Morgan fingerprint density at radius 3 is 2.32 bits per heavy atom. The van der Waals surface area contributed by atoms with E-state index in [9.17, 15) is 4.79 Å². The van der Waals surface area contributed by atoms with E-state index in [1.165, 1.54) is 44.1 Å². The first kappa shape index (κ1) is 20.3. The van der Waals surface area contributed by atoms with Crippen LogP contribution in [0.1, 0.15) is 64.4 Å².